The summed E-state index contributed by atoms with van der Waals surface area (Å²) in [5.74, 6) is 0. The van der Waals surface area contributed by atoms with Crippen LogP contribution in [0.15, 0.2) is 22.7 Å². The lowest BCUT2D eigenvalue weighted by molar-refractivity contribution is 0.124. The van der Waals surface area contributed by atoms with Gasteiger partial charge in [-0.15, -0.1) is 0 Å². The third kappa shape index (κ3) is 4.59. The first-order chi connectivity index (χ1) is 8.58. The fraction of sp³-hybridized carbons (Fsp3) is 0.571. The third-order valence-corrected chi connectivity index (χ3v) is 3.57. The van der Waals surface area contributed by atoms with Crippen molar-refractivity contribution in [2.75, 3.05) is 32.1 Å². The second kappa shape index (κ2) is 7.77. The fourth-order valence-corrected chi connectivity index (χ4v) is 2.53. The molecular weight excluding hydrogens is 292 g/mol. The van der Waals surface area contributed by atoms with Crippen LogP contribution in [0.2, 0.25) is 0 Å². The summed E-state index contributed by atoms with van der Waals surface area (Å²) in [6, 6.07) is 6.49. The van der Waals surface area contributed by atoms with Crippen LogP contribution in [0, 0.1) is 0 Å². The maximum absolute atomic E-state index is 5.29. The van der Waals surface area contributed by atoms with Gasteiger partial charge in [0.25, 0.3) is 0 Å². The van der Waals surface area contributed by atoms with E-state index in [4.69, 9.17) is 4.74 Å². The molecule has 0 saturated carbocycles. The van der Waals surface area contributed by atoms with Crippen LogP contribution in [0.5, 0.6) is 0 Å². The number of likely N-dealkylation sites (N-methyl/N-ethyl adjacent to an activating group) is 1. The molecule has 0 radical (unpaired) electrons. The topological polar surface area (TPSA) is 24.5 Å². The Morgan fingerprint density at radius 3 is 2.72 bits per heavy atom. The second-order valence-corrected chi connectivity index (χ2v) is 5.35. The van der Waals surface area contributed by atoms with Gasteiger partial charge in [0.05, 0.1) is 11.8 Å². The van der Waals surface area contributed by atoms with Gasteiger partial charge in [-0.2, -0.15) is 0 Å². The maximum atomic E-state index is 5.29. The molecule has 0 spiro atoms. The number of halogens is 1. The van der Waals surface area contributed by atoms with Crippen LogP contribution in [0.25, 0.3) is 0 Å². The summed E-state index contributed by atoms with van der Waals surface area (Å²) in [5, 5.41) is 3.33. The summed E-state index contributed by atoms with van der Waals surface area (Å²) >= 11 is 3.64. The minimum Gasteiger partial charge on any atom is -0.380 e. The number of methoxy groups -OCH3 is 1. The van der Waals surface area contributed by atoms with Crippen molar-refractivity contribution in [1.29, 1.82) is 0 Å². The molecule has 3 nitrogen and oxygen atoms in total. The first-order valence-corrected chi connectivity index (χ1v) is 7.10. The molecule has 0 aliphatic rings. The van der Waals surface area contributed by atoms with Gasteiger partial charge >= 0.3 is 0 Å². The van der Waals surface area contributed by atoms with E-state index in [2.05, 4.69) is 65.2 Å². The summed E-state index contributed by atoms with van der Waals surface area (Å²) in [5.41, 5.74) is 2.49. The first kappa shape index (κ1) is 15.5. The van der Waals surface area contributed by atoms with E-state index < -0.39 is 0 Å². The molecule has 0 aliphatic carbocycles. The molecule has 4 heteroatoms. The molecule has 102 valence electrons. The van der Waals surface area contributed by atoms with E-state index in [0.717, 1.165) is 24.1 Å². The van der Waals surface area contributed by atoms with Crippen molar-refractivity contribution >= 4 is 21.6 Å². The van der Waals surface area contributed by atoms with Crippen LogP contribution in [-0.2, 0) is 11.3 Å². The SMILES string of the molecule is CCNCc1ccc(N(C)CC(C)OC)c(Br)c1. The van der Waals surface area contributed by atoms with E-state index in [1.807, 2.05) is 0 Å². The zero-order valence-corrected chi connectivity index (χ0v) is 13.3. The standard InChI is InChI=1S/C14H23BrN2O/c1-5-16-9-12-6-7-14(13(15)8-12)17(3)10-11(2)18-4/h6-8,11,16H,5,9-10H2,1-4H3. The van der Waals surface area contributed by atoms with Gasteiger partial charge in [0.2, 0.25) is 0 Å². The van der Waals surface area contributed by atoms with Crippen molar-refractivity contribution in [3.63, 3.8) is 0 Å². The van der Waals surface area contributed by atoms with Gasteiger partial charge in [-0.3, -0.25) is 0 Å². The highest BCUT2D eigenvalue weighted by Gasteiger charge is 2.09. The number of rotatable bonds is 7. The van der Waals surface area contributed by atoms with Crippen molar-refractivity contribution in [3.8, 4) is 0 Å². The van der Waals surface area contributed by atoms with Crippen LogP contribution in [0.3, 0.4) is 0 Å². The quantitative estimate of drug-likeness (QED) is 0.837. The predicted octanol–water partition coefficient (Wildman–Crippen LogP) is 3.03. The number of hydrogen-bond donors (Lipinski definition) is 1. The molecule has 0 bridgehead atoms. The summed E-state index contributed by atoms with van der Waals surface area (Å²) in [6.45, 7) is 6.97. The zero-order chi connectivity index (χ0) is 13.5. The highest BCUT2D eigenvalue weighted by atomic mass is 79.9. The molecule has 1 atom stereocenters. The van der Waals surface area contributed by atoms with Crippen molar-refractivity contribution in [2.45, 2.75) is 26.5 Å². The van der Waals surface area contributed by atoms with Gasteiger partial charge in [-0.05, 0) is 47.1 Å². The Kier molecular flexibility index (Phi) is 6.68. The number of hydrogen-bond acceptors (Lipinski definition) is 3. The highest BCUT2D eigenvalue weighted by Crippen LogP contribution is 2.26. The molecule has 1 rings (SSSR count). The van der Waals surface area contributed by atoms with Crippen LogP contribution in [0.1, 0.15) is 19.4 Å². The summed E-state index contributed by atoms with van der Waals surface area (Å²) in [7, 11) is 3.83. The van der Waals surface area contributed by atoms with Crippen LogP contribution < -0.4 is 10.2 Å². The Bertz CT molecular complexity index is 371. The molecule has 0 saturated heterocycles. The Hall–Kier alpha value is -0.580. The van der Waals surface area contributed by atoms with Gasteiger partial charge in [0.15, 0.2) is 0 Å². The Morgan fingerprint density at radius 2 is 2.17 bits per heavy atom. The normalized spacial score (nSPS) is 12.5. The third-order valence-electron chi connectivity index (χ3n) is 2.94. The van der Waals surface area contributed by atoms with E-state index >= 15 is 0 Å². The lowest BCUT2D eigenvalue weighted by Gasteiger charge is -2.24. The Balaban J connectivity index is 2.72. The zero-order valence-electron chi connectivity index (χ0n) is 11.7. The van der Waals surface area contributed by atoms with Crippen molar-refractivity contribution < 1.29 is 4.74 Å². The monoisotopic (exact) mass is 314 g/mol. The molecule has 1 N–H and O–H groups in total. The van der Waals surface area contributed by atoms with Crippen molar-refractivity contribution in [3.05, 3.63) is 28.2 Å². The minimum atomic E-state index is 0.225. The van der Waals surface area contributed by atoms with Crippen LogP contribution in [-0.4, -0.2) is 33.4 Å². The van der Waals surface area contributed by atoms with E-state index in [1.54, 1.807) is 7.11 Å². The van der Waals surface area contributed by atoms with Gasteiger partial charge in [0.1, 0.15) is 0 Å². The smallest absolute Gasteiger partial charge is 0.0717 e. The maximum Gasteiger partial charge on any atom is 0.0717 e. The molecule has 1 aromatic carbocycles. The molecule has 0 fully saturated rings. The second-order valence-electron chi connectivity index (χ2n) is 4.49. The van der Waals surface area contributed by atoms with E-state index in [1.165, 1.54) is 11.3 Å². The van der Waals surface area contributed by atoms with E-state index in [-0.39, 0.29) is 6.10 Å². The summed E-state index contributed by atoms with van der Waals surface area (Å²) in [6.07, 6.45) is 0.225. The van der Waals surface area contributed by atoms with Crippen LogP contribution in [0.4, 0.5) is 5.69 Å². The average molecular weight is 315 g/mol. The minimum absolute atomic E-state index is 0.225. The number of anilines is 1. The molecule has 1 aromatic rings. The summed E-state index contributed by atoms with van der Waals surface area (Å²) < 4.78 is 6.42. The molecular formula is C14H23BrN2O. The predicted molar refractivity (Wildman–Crippen MR) is 81.3 cm³/mol. The van der Waals surface area contributed by atoms with Gasteiger partial charge in [-0.25, -0.2) is 0 Å². The highest BCUT2D eigenvalue weighted by molar-refractivity contribution is 9.10. The Morgan fingerprint density at radius 1 is 1.44 bits per heavy atom. The number of benzene rings is 1. The molecule has 0 heterocycles. The average Bonchev–Trinajstić information content (AvgIpc) is 2.36. The molecule has 0 aromatic heterocycles. The van der Waals surface area contributed by atoms with Gasteiger partial charge in [0, 0.05) is 31.7 Å². The van der Waals surface area contributed by atoms with Crippen molar-refractivity contribution in [2.24, 2.45) is 0 Å². The molecule has 0 aliphatic heterocycles. The van der Waals surface area contributed by atoms with E-state index in [9.17, 15) is 0 Å². The van der Waals surface area contributed by atoms with Gasteiger partial charge in [-0.1, -0.05) is 13.0 Å². The number of nitrogens with zero attached hydrogens (tertiary/aromatic N) is 1. The molecule has 0 amide bonds. The van der Waals surface area contributed by atoms with Crippen LogP contribution >= 0.6 is 15.9 Å². The number of nitrogens with one attached hydrogen (secondary N) is 1. The summed E-state index contributed by atoms with van der Waals surface area (Å²) in [4.78, 5) is 2.20. The van der Waals surface area contributed by atoms with E-state index in [0.29, 0.717) is 0 Å². The number of ether oxygens (including phenoxy) is 1. The first-order valence-electron chi connectivity index (χ1n) is 6.31. The lowest BCUT2D eigenvalue weighted by Crippen LogP contribution is -2.28. The molecule has 18 heavy (non-hydrogen) atoms. The largest absolute Gasteiger partial charge is 0.380 e. The fourth-order valence-electron chi connectivity index (χ4n) is 1.80. The molecule has 1 unspecified atom stereocenters. The Labute approximate surface area is 119 Å². The lowest BCUT2D eigenvalue weighted by atomic mass is 10.2. The van der Waals surface area contributed by atoms with Crippen molar-refractivity contribution in [1.82, 2.24) is 5.32 Å². The van der Waals surface area contributed by atoms with Gasteiger partial charge < -0.3 is 15.0 Å².